The lowest BCUT2D eigenvalue weighted by molar-refractivity contribution is -0.159. The van der Waals surface area contributed by atoms with E-state index in [-0.39, 0.29) is 29.2 Å². The molecular formula is C38H53N3O8S2. The van der Waals surface area contributed by atoms with Crippen molar-refractivity contribution < 1.29 is 38.9 Å². The molecular weight excluding hydrogens is 691 g/mol. The Labute approximate surface area is 309 Å². The number of fused-ring (bicyclic) bond motifs is 1. The molecule has 280 valence electrons. The number of benzene rings is 2. The van der Waals surface area contributed by atoms with Crippen molar-refractivity contribution in [1.82, 2.24) is 15.5 Å². The van der Waals surface area contributed by atoms with Gasteiger partial charge in [0.05, 0.1) is 35.9 Å². The van der Waals surface area contributed by atoms with Gasteiger partial charge in [-0.1, -0.05) is 74.6 Å². The third-order valence-electron chi connectivity index (χ3n) is 9.96. The molecule has 51 heavy (non-hydrogen) atoms. The molecule has 0 unspecified atom stereocenters. The lowest BCUT2D eigenvalue weighted by Crippen LogP contribution is -2.60. The van der Waals surface area contributed by atoms with E-state index in [1.54, 1.807) is 18.7 Å². The predicted octanol–water partition coefficient (Wildman–Crippen LogP) is 3.67. The van der Waals surface area contributed by atoms with E-state index < -0.39 is 54.1 Å². The molecule has 3 aliphatic rings. The fourth-order valence-corrected chi connectivity index (χ4v) is 10.1. The normalized spacial score (nSPS) is 20.4. The van der Waals surface area contributed by atoms with Crippen molar-refractivity contribution in [1.29, 1.82) is 0 Å². The second kappa shape index (κ2) is 19.3. The minimum Gasteiger partial charge on any atom is -0.461 e. The molecule has 2 aromatic rings. The van der Waals surface area contributed by atoms with Crippen LogP contribution >= 0.6 is 23.5 Å². The van der Waals surface area contributed by atoms with Crippen molar-refractivity contribution >= 4 is 58.0 Å². The molecule has 3 fully saturated rings. The molecule has 5 rings (SSSR count). The van der Waals surface area contributed by atoms with Crippen LogP contribution in [-0.4, -0.2) is 112 Å². The molecule has 0 bridgehead atoms. The molecule has 0 radical (unpaired) electrons. The summed E-state index contributed by atoms with van der Waals surface area (Å²) >= 11 is 3.03. The van der Waals surface area contributed by atoms with E-state index >= 15 is 0 Å². The number of aliphatic hydroxyl groups excluding tert-OH is 2. The third kappa shape index (κ3) is 11.1. The summed E-state index contributed by atoms with van der Waals surface area (Å²) in [6, 6.07) is 11.4. The summed E-state index contributed by atoms with van der Waals surface area (Å²) in [6.07, 6.45) is 2.20. The summed E-state index contributed by atoms with van der Waals surface area (Å²) in [5, 5.41) is 30.5. The van der Waals surface area contributed by atoms with Crippen LogP contribution in [0.3, 0.4) is 0 Å². The number of hydrogen-bond donors (Lipinski definition) is 4. The first-order chi connectivity index (χ1) is 24.6. The summed E-state index contributed by atoms with van der Waals surface area (Å²) < 4.78 is 10.4. The van der Waals surface area contributed by atoms with Crippen LogP contribution in [0.25, 0.3) is 10.8 Å². The van der Waals surface area contributed by atoms with Gasteiger partial charge < -0.3 is 35.2 Å². The number of nitrogens with one attached hydrogen (secondary N) is 2. The molecule has 2 aliphatic heterocycles. The molecule has 2 aromatic carbocycles. The maximum Gasteiger partial charge on any atom is 0.337 e. The van der Waals surface area contributed by atoms with E-state index in [0.29, 0.717) is 32.7 Å². The minimum atomic E-state index is -1.62. The Kier molecular flexibility index (Phi) is 14.9. The molecule has 13 heteroatoms. The lowest BCUT2D eigenvalue weighted by Gasteiger charge is -2.33. The Hall–Kier alpha value is -2.84. The van der Waals surface area contributed by atoms with Crippen LogP contribution in [0.1, 0.15) is 64.4 Å². The quantitative estimate of drug-likeness (QED) is 0.199. The van der Waals surface area contributed by atoms with Gasteiger partial charge in [-0.05, 0) is 48.9 Å². The summed E-state index contributed by atoms with van der Waals surface area (Å²) in [6.45, 7) is 5.11. The van der Waals surface area contributed by atoms with Crippen LogP contribution in [-0.2, 0) is 35.1 Å². The van der Waals surface area contributed by atoms with Crippen LogP contribution in [0.15, 0.2) is 42.5 Å². The van der Waals surface area contributed by atoms with E-state index in [9.17, 15) is 29.4 Å². The SMILES string of the molecule is CC(C)OC(=O)[C@H](O)[C@H](CC1CCCCC1)NC(=O)[C@H](NC(=O)[C@H](CC(=O)N1CCOCC1)Cc1cccc2ccccc12)[C@H](O)C1SCCS1. The second-order valence-electron chi connectivity index (χ2n) is 14.1. The highest BCUT2D eigenvalue weighted by atomic mass is 32.2. The Morgan fingerprint density at radius 1 is 0.922 bits per heavy atom. The standard InChI is InChI=1S/C38H53N3O8S2/c1-24(2)49-37(47)33(43)30(21-25-9-4-3-5-10-25)39-36(46)32(34(44)38-50-19-20-51-38)40-35(45)28(23-31(42)41-15-17-48-18-16-41)22-27-13-8-12-26-11-6-7-14-29(26)27/h6-8,11-14,24-25,28,30,32-34,38,43-44H,3-5,9-10,15-23H2,1-2H3,(H,39,46)(H,40,45)/t28-,30-,32+,33+,34-/m0/s1. The van der Waals surface area contributed by atoms with Crippen molar-refractivity contribution in [2.75, 3.05) is 37.8 Å². The number of carbonyl (C=O) groups is 4. The molecule has 2 heterocycles. The van der Waals surface area contributed by atoms with Crippen LogP contribution in [0.4, 0.5) is 0 Å². The van der Waals surface area contributed by atoms with Crippen LogP contribution in [0.2, 0.25) is 0 Å². The van der Waals surface area contributed by atoms with Gasteiger partial charge in [0.25, 0.3) is 0 Å². The number of amides is 3. The van der Waals surface area contributed by atoms with E-state index in [4.69, 9.17) is 9.47 Å². The third-order valence-corrected chi connectivity index (χ3v) is 13.1. The zero-order valence-electron chi connectivity index (χ0n) is 29.7. The van der Waals surface area contributed by atoms with E-state index in [1.165, 1.54) is 23.5 Å². The Balaban J connectivity index is 1.41. The highest BCUT2D eigenvalue weighted by molar-refractivity contribution is 8.20. The largest absolute Gasteiger partial charge is 0.461 e. The first kappa shape index (κ1) is 39.4. The van der Waals surface area contributed by atoms with Gasteiger partial charge in [0.2, 0.25) is 17.7 Å². The molecule has 5 atom stereocenters. The van der Waals surface area contributed by atoms with E-state index in [1.807, 2.05) is 42.5 Å². The van der Waals surface area contributed by atoms with E-state index in [0.717, 1.165) is 59.9 Å². The Morgan fingerprint density at radius 3 is 2.31 bits per heavy atom. The smallest absolute Gasteiger partial charge is 0.337 e. The molecule has 2 saturated heterocycles. The average Bonchev–Trinajstić information content (AvgIpc) is 3.68. The number of aliphatic hydroxyl groups is 2. The fraction of sp³-hybridized carbons (Fsp3) is 0.632. The predicted molar refractivity (Wildman–Crippen MR) is 200 cm³/mol. The van der Waals surface area contributed by atoms with Gasteiger partial charge in [-0.15, -0.1) is 23.5 Å². The minimum absolute atomic E-state index is 0.0868. The highest BCUT2D eigenvalue weighted by Crippen LogP contribution is 2.36. The van der Waals surface area contributed by atoms with Gasteiger partial charge in [-0.3, -0.25) is 14.4 Å². The molecule has 1 aliphatic carbocycles. The first-order valence-electron chi connectivity index (χ1n) is 18.3. The molecule has 4 N–H and O–H groups in total. The number of thioether (sulfide) groups is 2. The number of morpholine rings is 1. The Bertz CT molecular complexity index is 1470. The summed E-state index contributed by atoms with van der Waals surface area (Å²) in [5.41, 5.74) is 0.894. The number of nitrogens with zero attached hydrogens (tertiary/aromatic N) is 1. The number of hydrogen-bond acceptors (Lipinski definition) is 10. The molecule has 11 nitrogen and oxygen atoms in total. The van der Waals surface area contributed by atoms with Crippen molar-refractivity contribution in [3.8, 4) is 0 Å². The summed E-state index contributed by atoms with van der Waals surface area (Å²) in [4.78, 5) is 56.8. The van der Waals surface area contributed by atoms with Gasteiger partial charge in [0, 0.05) is 31.0 Å². The number of carbonyl (C=O) groups excluding carboxylic acids is 4. The topological polar surface area (TPSA) is 154 Å². The van der Waals surface area contributed by atoms with E-state index in [2.05, 4.69) is 10.6 Å². The molecule has 0 aromatic heterocycles. The number of ether oxygens (including phenoxy) is 2. The van der Waals surface area contributed by atoms with Gasteiger partial charge in [0.15, 0.2) is 6.10 Å². The van der Waals surface area contributed by atoms with Gasteiger partial charge in [0.1, 0.15) is 12.1 Å². The second-order valence-corrected chi connectivity index (χ2v) is 16.9. The molecule has 3 amide bonds. The van der Waals surface area contributed by atoms with Crippen molar-refractivity contribution in [2.45, 2.75) is 100 Å². The lowest BCUT2D eigenvalue weighted by atomic mass is 9.83. The van der Waals surface area contributed by atoms with Crippen molar-refractivity contribution in [3.63, 3.8) is 0 Å². The maximum atomic E-state index is 14.4. The van der Waals surface area contributed by atoms with Crippen molar-refractivity contribution in [2.24, 2.45) is 11.8 Å². The van der Waals surface area contributed by atoms with Gasteiger partial charge in [-0.25, -0.2) is 4.79 Å². The van der Waals surface area contributed by atoms with Crippen LogP contribution in [0.5, 0.6) is 0 Å². The first-order valence-corrected chi connectivity index (χ1v) is 20.4. The molecule has 1 saturated carbocycles. The van der Waals surface area contributed by atoms with Gasteiger partial charge >= 0.3 is 5.97 Å². The van der Waals surface area contributed by atoms with Crippen molar-refractivity contribution in [3.05, 3.63) is 48.0 Å². The van der Waals surface area contributed by atoms with Crippen LogP contribution < -0.4 is 10.6 Å². The fourth-order valence-electron chi connectivity index (χ4n) is 7.24. The zero-order chi connectivity index (χ0) is 36.3. The summed E-state index contributed by atoms with van der Waals surface area (Å²) in [7, 11) is 0. The zero-order valence-corrected chi connectivity index (χ0v) is 31.3. The van der Waals surface area contributed by atoms with Crippen LogP contribution in [0, 0.1) is 11.8 Å². The summed E-state index contributed by atoms with van der Waals surface area (Å²) in [5.74, 6) is -1.30. The molecule has 0 spiro atoms. The average molecular weight is 744 g/mol. The highest BCUT2D eigenvalue weighted by Gasteiger charge is 2.41. The number of rotatable bonds is 15. The Morgan fingerprint density at radius 2 is 1.61 bits per heavy atom. The van der Waals surface area contributed by atoms with Gasteiger partial charge in [-0.2, -0.15) is 0 Å². The monoisotopic (exact) mass is 743 g/mol. The maximum absolute atomic E-state index is 14.4. The number of esters is 1.